The zero-order valence-electron chi connectivity index (χ0n) is 26.4. The number of carbonyl (C=O) groups is 4. The van der Waals surface area contributed by atoms with Crippen LogP contribution in [0.15, 0.2) is 60.7 Å². The van der Waals surface area contributed by atoms with E-state index in [0.717, 1.165) is 36.8 Å². The Morgan fingerprint density at radius 1 is 0.978 bits per heavy atom. The quantitative estimate of drug-likeness (QED) is 0.229. The van der Waals surface area contributed by atoms with Crippen LogP contribution in [0.1, 0.15) is 64.0 Å². The van der Waals surface area contributed by atoms with Crippen LogP contribution < -0.4 is 21.7 Å². The summed E-state index contributed by atoms with van der Waals surface area (Å²) in [6.45, 7) is 5.99. The minimum absolute atomic E-state index is 0.0190. The van der Waals surface area contributed by atoms with Gasteiger partial charge in [-0.15, -0.1) is 0 Å². The van der Waals surface area contributed by atoms with Gasteiger partial charge in [0.25, 0.3) is 0 Å². The SMILES string of the molecule is CC(C)(C)NC(=O)[C@@H]1C[C@@H]2CCC[C@@H]2N1C[C@@H](O)[C@H](Cc1ccccc1)NC(=O)[C@H](CC(N)=O)NC(=O)OCc1ccccc1. The van der Waals surface area contributed by atoms with Crippen LogP contribution in [0.4, 0.5) is 4.79 Å². The van der Waals surface area contributed by atoms with Gasteiger partial charge < -0.3 is 31.5 Å². The molecule has 2 aromatic carbocycles. The number of alkyl carbamates (subject to hydrolysis) is 1. The van der Waals surface area contributed by atoms with Gasteiger partial charge in [-0.2, -0.15) is 0 Å². The first-order valence-corrected chi connectivity index (χ1v) is 15.7. The number of carbonyl (C=O) groups excluding carboxylic acids is 4. The second kappa shape index (κ2) is 15.4. The molecule has 0 spiro atoms. The van der Waals surface area contributed by atoms with Crippen LogP contribution in [0.5, 0.6) is 0 Å². The number of β-amino-alcohol motifs (C(OH)–C–C–N with tert-alkyl or cyclic N) is 1. The maximum atomic E-state index is 13.6. The molecule has 11 heteroatoms. The molecule has 45 heavy (non-hydrogen) atoms. The Balaban J connectivity index is 1.49. The Morgan fingerprint density at radius 3 is 2.24 bits per heavy atom. The predicted octanol–water partition coefficient (Wildman–Crippen LogP) is 2.40. The van der Waals surface area contributed by atoms with Crippen molar-refractivity contribution in [1.82, 2.24) is 20.9 Å². The second-order valence-electron chi connectivity index (χ2n) is 13.2. The highest BCUT2D eigenvalue weighted by molar-refractivity contribution is 5.90. The molecule has 11 nitrogen and oxygen atoms in total. The van der Waals surface area contributed by atoms with Crippen molar-refractivity contribution in [2.45, 2.75) is 102 Å². The molecule has 0 aromatic heterocycles. The van der Waals surface area contributed by atoms with E-state index in [4.69, 9.17) is 10.5 Å². The number of aliphatic hydroxyl groups is 1. The fourth-order valence-corrected chi connectivity index (χ4v) is 6.45. The molecule has 244 valence electrons. The number of nitrogens with zero attached hydrogens (tertiary/aromatic N) is 1. The molecule has 2 aromatic rings. The van der Waals surface area contributed by atoms with Gasteiger partial charge in [-0.05, 0) is 63.5 Å². The van der Waals surface area contributed by atoms with Gasteiger partial charge in [0.1, 0.15) is 12.6 Å². The number of nitrogens with two attached hydrogens (primary N) is 1. The summed E-state index contributed by atoms with van der Waals surface area (Å²) in [6.07, 6.45) is 1.69. The third-order valence-electron chi connectivity index (χ3n) is 8.49. The van der Waals surface area contributed by atoms with E-state index in [9.17, 15) is 24.3 Å². The van der Waals surface area contributed by atoms with Crippen LogP contribution in [0.2, 0.25) is 0 Å². The Morgan fingerprint density at radius 2 is 1.62 bits per heavy atom. The van der Waals surface area contributed by atoms with Crippen molar-refractivity contribution in [1.29, 1.82) is 0 Å². The maximum absolute atomic E-state index is 13.6. The topological polar surface area (TPSA) is 163 Å². The average Bonchev–Trinajstić information content (AvgIpc) is 3.58. The van der Waals surface area contributed by atoms with Gasteiger partial charge in [0.05, 0.1) is 24.6 Å². The first kappa shape index (κ1) is 33.9. The van der Waals surface area contributed by atoms with E-state index in [1.807, 2.05) is 69.3 Å². The number of rotatable bonds is 13. The molecular weight excluding hydrogens is 574 g/mol. The molecule has 1 saturated carbocycles. The summed E-state index contributed by atoms with van der Waals surface area (Å²) >= 11 is 0. The lowest BCUT2D eigenvalue weighted by Gasteiger charge is -2.35. The number of benzene rings is 2. The second-order valence-corrected chi connectivity index (χ2v) is 13.2. The first-order valence-electron chi connectivity index (χ1n) is 15.7. The molecule has 6 N–H and O–H groups in total. The number of amides is 4. The number of nitrogens with one attached hydrogen (secondary N) is 3. The molecule has 6 atom stereocenters. The number of aliphatic hydroxyl groups excluding tert-OH is 1. The largest absolute Gasteiger partial charge is 0.445 e. The van der Waals surface area contributed by atoms with E-state index in [0.29, 0.717) is 5.92 Å². The summed E-state index contributed by atoms with van der Waals surface area (Å²) in [7, 11) is 0. The van der Waals surface area contributed by atoms with E-state index >= 15 is 0 Å². The lowest BCUT2D eigenvalue weighted by Crippen LogP contribution is -2.58. The van der Waals surface area contributed by atoms with Crippen molar-refractivity contribution in [2.75, 3.05) is 6.54 Å². The maximum Gasteiger partial charge on any atom is 0.408 e. The molecule has 0 radical (unpaired) electrons. The fraction of sp³-hybridized carbons (Fsp3) is 0.529. The van der Waals surface area contributed by atoms with E-state index in [-0.39, 0.29) is 37.6 Å². The van der Waals surface area contributed by atoms with E-state index in [2.05, 4.69) is 20.9 Å². The monoisotopic (exact) mass is 621 g/mol. The van der Waals surface area contributed by atoms with Crippen LogP contribution in [0, 0.1) is 5.92 Å². The van der Waals surface area contributed by atoms with Gasteiger partial charge in [-0.25, -0.2) is 4.79 Å². The van der Waals surface area contributed by atoms with Gasteiger partial charge in [-0.3, -0.25) is 19.3 Å². The summed E-state index contributed by atoms with van der Waals surface area (Å²) in [5, 5.41) is 20.1. The van der Waals surface area contributed by atoms with E-state index in [1.54, 1.807) is 12.1 Å². The highest BCUT2D eigenvalue weighted by atomic mass is 16.5. The minimum Gasteiger partial charge on any atom is -0.445 e. The molecule has 1 saturated heterocycles. The standard InChI is InChI=1S/C34H47N5O6/c1-34(2,3)38-32(43)28-18-24-15-10-16-27(24)39(28)20-29(40)25(17-22-11-6-4-7-12-22)36-31(42)26(19-30(35)41)37-33(44)45-21-23-13-8-5-9-14-23/h4-9,11-14,24-29,40H,10,15-21H2,1-3H3,(H2,35,41)(H,36,42)(H,37,44)(H,38,43)/t24-,25-,26-,27-,28-,29+/m0/s1. The van der Waals surface area contributed by atoms with E-state index < -0.39 is 48.1 Å². The number of hydrogen-bond acceptors (Lipinski definition) is 7. The van der Waals surface area contributed by atoms with Gasteiger partial charge in [0, 0.05) is 18.1 Å². The van der Waals surface area contributed by atoms with Crippen LogP contribution in [-0.4, -0.2) is 76.2 Å². The molecule has 0 unspecified atom stereocenters. The molecule has 0 bridgehead atoms. The summed E-state index contributed by atoms with van der Waals surface area (Å²) < 4.78 is 5.26. The summed E-state index contributed by atoms with van der Waals surface area (Å²) in [4.78, 5) is 53.5. The lowest BCUT2D eigenvalue weighted by atomic mass is 9.99. The third-order valence-corrected chi connectivity index (χ3v) is 8.49. The van der Waals surface area contributed by atoms with E-state index in [1.165, 1.54) is 0 Å². The van der Waals surface area contributed by atoms with Gasteiger partial charge >= 0.3 is 6.09 Å². The predicted molar refractivity (Wildman–Crippen MR) is 170 cm³/mol. The normalized spacial score (nSPS) is 21.6. The van der Waals surface area contributed by atoms with Crippen LogP contribution in [0.25, 0.3) is 0 Å². The molecule has 1 aliphatic carbocycles. The lowest BCUT2D eigenvalue weighted by molar-refractivity contribution is -0.129. The Kier molecular flexibility index (Phi) is 11.6. The minimum atomic E-state index is -1.31. The zero-order chi connectivity index (χ0) is 32.6. The highest BCUT2D eigenvalue weighted by Gasteiger charge is 2.47. The number of likely N-dealkylation sites (tertiary alicyclic amines) is 1. The van der Waals surface area contributed by atoms with Crippen molar-refractivity contribution in [3.05, 3.63) is 71.8 Å². The van der Waals surface area contributed by atoms with Gasteiger partial charge in [-0.1, -0.05) is 67.1 Å². The molecule has 4 amide bonds. The van der Waals surface area contributed by atoms with Crippen molar-refractivity contribution in [2.24, 2.45) is 11.7 Å². The fourth-order valence-electron chi connectivity index (χ4n) is 6.45. The Hall–Kier alpha value is -3.96. The summed E-state index contributed by atoms with van der Waals surface area (Å²) in [6, 6.07) is 16.2. The molecule has 4 rings (SSSR count). The van der Waals surface area contributed by atoms with Crippen molar-refractivity contribution in [3.63, 3.8) is 0 Å². The van der Waals surface area contributed by atoms with Crippen LogP contribution in [-0.2, 0) is 32.1 Å². The number of ether oxygens (including phenoxy) is 1. The van der Waals surface area contributed by atoms with Gasteiger partial charge in [0.2, 0.25) is 17.7 Å². The number of primary amides is 1. The smallest absolute Gasteiger partial charge is 0.408 e. The average molecular weight is 622 g/mol. The third kappa shape index (κ3) is 10.0. The highest BCUT2D eigenvalue weighted by Crippen LogP contribution is 2.41. The van der Waals surface area contributed by atoms with Crippen molar-refractivity contribution < 1.29 is 29.0 Å². The zero-order valence-corrected chi connectivity index (χ0v) is 26.4. The van der Waals surface area contributed by atoms with Gasteiger partial charge in [0.15, 0.2) is 0 Å². The van der Waals surface area contributed by atoms with Crippen molar-refractivity contribution >= 4 is 23.8 Å². The van der Waals surface area contributed by atoms with Crippen LogP contribution in [0.3, 0.4) is 0 Å². The molecular formula is C34H47N5O6. The number of hydrogen-bond donors (Lipinski definition) is 5. The Labute approximate surface area is 265 Å². The van der Waals surface area contributed by atoms with Crippen molar-refractivity contribution in [3.8, 4) is 0 Å². The molecule has 1 aliphatic heterocycles. The first-order chi connectivity index (χ1) is 21.4. The molecule has 2 aliphatic rings. The molecule has 1 heterocycles. The Bertz CT molecular complexity index is 1300. The van der Waals surface area contributed by atoms with Crippen LogP contribution >= 0.6 is 0 Å². The molecule has 2 fully saturated rings. The number of fused-ring (bicyclic) bond motifs is 1. The summed E-state index contributed by atoms with van der Waals surface area (Å²) in [5.41, 5.74) is 6.67. The summed E-state index contributed by atoms with van der Waals surface area (Å²) in [5.74, 6) is -1.14.